The lowest BCUT2D eigenvalue weighted by atomic mass is 9.79. The number of benzene rings is 2. The fourth-order valence-corrected chi connectivity index (χ4v) is 4.73. The second kappa shape index (κ2) is 7.36. The largest absolute Gasteiger partial charge is 0.349 e. The molecule has 1 saturated heterocycles. The predicted molar refractivity (Wildman–Crippen MR) is 119 cm³/mol. The molecule has 156 valence electrons. The molecule has 1 fully saturated rings. The third kappa shape index (κ3) is 4.14. The topological polar surface area (TPSA) is 76.0 Å². The predicted octanol–water partition coefficient (Wildman–Crippen LogP) is 3.42. The summed E-state index contributed by atoms with van der Waals surface area (Å²) in [7, 11) is 0. The van der Waals surface area contributed by atoms with Gasteiger partial charge < -0.3 is 10.6 Å². The van der Waals surface area contributed by atoms with E-state index in [-0.39, 0.29) is 28.6 Å². The van der Waals surface area contributed by atoms with Crippen molar-refractivity contribution in [2.24, 2.45) is 0 Å². The molecule has 0 unspecified atom stereocenters. The number of fused-ring (bicyclic) bond motifs is 1. The first-order valence-corrected chi connectivity index (χ1v) is 10.3. The van der Waals surface area contributed by atoms with E-state index >= 15 is 0 Å². The van der Waals surface area contributed by atoms with Crippen LogP contribution in [-0.4, -0.2) is 32.6 Å². The van der Waals surface area contributed by atoms with Gasteiger partial charge in [-0.25, -0.2) is 4.98 Å². The molecular formula is C24H28N4O2. The number of carbonyl (C=O) groups is 1. The Morgan fingerprint density at radius 1 is 1.07 bits per heavy atom. The van der Waals surface area contributed by atoms with Crippen LogP contribution in [0.15, 0.2) is 59.7 Å². The van der Waals surface area contributed by atoms with Crippen LogP contribution in [0.2, 0.25) is 0 Å². The van der Waals surface area contributed by atoms with Crippen molar-refractivity contribution in [2.75, 3.05) is 0 Å². The standard InChI is InChI=1S/C24H28N4O2/c1-23(2)13-17(14-24(3,4)27-23)26-21(29)16-10-11-19-20(12-16)25-15-28(22(19)30)18-8-6-5-7-9-18/h5-12,15,17,27H,13-14H2,1-4H3,(H,26,29). The SMILES string of the molecule is CC1(C)CC(NC(=O)c2ccc3c(=O)n(-c4ccccc4)cnc3c2)CC(C)(C)N1. The molecule has 1 amide bonds. The fourth-order valence-electron chi connectivity index (χ4n) is 4.73. The second-order valence-electron chi connectivity index (χ2n) is 9.46. The molecule has 2 N–H and O–H groups in total. The van der Waals surface area contributed by atoms with E-state index in [2.05, 4.69) is 43.3 Å². The highest BCUT2D eigenvalue weighted by Gasteiger charge is 2.38. The molecule has 30 heavy (non-hydrogen) atoms. The summed E-state index contributed by atoms with van der Waals surface area (Å²) >= 11 is 0. The minimum atomic E-state index is -0.153. The van der Waals surface area contributed by atoms with Gasteiger partial charge in [-0.2, -0.15) is 0 Å². The number of nitrogens with zero attached hydrogens (tertiary/aromatic N) is 2. The van der Waals surface area contributed by atoms with Gasteiger partial charge in [0, 0.05) is 22.7 Å². The lowest BCUT2D eigenvalue weighted by molar-refractivity contribution is 0.0873. The number of aromatic nitrogens is 2. The van der Waals surface area contributed by atoms with Gasteiger partial charge in [0.1, 0.15) is 6.33 Å². The first-order valence-electron chi connectivity index (χ1n) is 10.3. The van der Waals surface area contributed by atoms with Crippen LogP contribution in [0.1, 0.15) is 50.9 Å². The highest BCUT2D eigenvalue weighted by atomic mass is 16.1. The minimum Gasteiger partial charge on any atom is -0.349 e. The van der Waals surface area contributed by atoms with E-state index in [1.54, 1.807) is 18.2 Å². The Bertz CT molecular complexity index is 1130. The minimum absolute atomic E-state index is 0.0485. The van der Waals surface area contributed by atoms with Crippen LogP contribution in [0.3, 0.4) is 0 Å². The summed E-state index contributed by atoms with van der Waals surface area (Å²) in [5, 5.41) is 7.29. The van der Waals surface area contributed by atoms with Gasteiger partial charge in [-0.1, -0.05) is 18.2 Å². The number of para-hydroxylation sites is 1. The Kier molecular flexibility index (Phi) is 4.98. The number of amides is 1. The maximum atomic E-state index is 12.9. The molecule has 1 aromatic heterocycles. The maximum Gasteiger partial charge on any atom is 0.265 e. The molecule has 0 radical (unpaired) electrons. The lowest BCUT2D eigenvalue weighted by Gasteiger charge is -2.46. The van der Waals surface area contributed by atoms with Crippen molar-refractivity contribution in [3.63, 3.8) is 0 Å². The molecule has 2 aromatic carbocycles. The third-order valence-electron chi connectivity index (χ3n) is 5.58. The number of carbonyl (C=O) groups excluding carboxylic acids is 1. The zero-order chi connectivity index (χ0) is 21.5. The Morgan fingerprint density at radius 2 is 1.73 bits per heavy atom. The van der Waals surface area contributed by atoms with E-state index < -0.39 is 0 Å². The van der Waals surface area contributed by atoms with E-state index in [0.29, 0.717) is 16.5 Å². The number of nitrogens with one attached hydrogen (secondary N) is 2. The average Bonchev–Trinajstić information content (AvgIpc) is 2.66. The molecule has 0 saturated carbocycles. The maximum absolute atomic E-state index is 12.9. The summed E-state index contributed by atoms with van der Waals surface area (Å²) in [6, 6.07) is 14.5. The molecule has 0 aliphatic carbocycles. The second-order valence-corrected chi connectivity index (χ2v) is 9.46. The summed E-state index contributed by atoms with van der Waals surface area (Å²) in [6.07, 6.45) is 3.23. The van der Waals surface area contributed by atoms with Crippen LogP contribution >= 0.6 is 0 Å². The number of rotatable bonds is 3. The molecule has 6 heteroatoms. The first-order chi connectivity index (χ1) is 14.1. The van der Waals surface area contributed by atoms with Gasteiger partial charge in [0.05, 0.1) is 16.6 Å². The molecule has 2 heterocycles. The van der Waals surface area contributed by atoms with Crippen LogP contribution < -0.4 is 16.2 Å². The van der Waals surface area contributed by atoms with Gasteiger partial charge in [-0.05, 0) is 70.9 Å². The van der Waals surface area contributed by atoms with Crippen LogP contribution in [0.25, 0.3) is 16.6 Å². The van der Waals surface area contributed by atoms with Crippen molar-refractivity contribution in [2.45, 2.75) is 57.7 Å². The lowest BCUT2D eigenvalue weighted by Crippen LogP contribution is -2.62. The number of piperidine rings is 1. The van der Waals surface area contributed by atoms with E-state index in [4.69, 9.17) is 0 Å². The smallest absolute Gasteiger partial charge is 0.265 e. The van der Waals surface area contributed by atoms with E-state index in [9.17, 15) is 9.59 Å². The highest BCUT2D eigenvalue weighted by Crippen LogP contribution is 2.28. The van der Waals surface area contributed by atoms with Crippen molar-refractivity contribution in [3.8, 4) is 5.69 Å². The van der Waals surface area contributed by atoms with Gasteiger partial charge >= 0.3 is 0 Å². The molecule has 6 nitrogen and oxygen atoms in total. The van der Waals surface area contributed by atoms with Crippen LogP contribution in [0.4, 0.5) is 0 Å². The van der Waals surface area contributed by atoms with Gasteiger partial charge in [0.25, 0.3) is 11.5 Å². The zero-order valence-electron chi connectivity index (χ0n) is 17.9. The fraction of sp³-hybridized carbons (Fsp3) is 0.375. The molecule has 0 atom stereocenters. The molecule has 0 spiro atoms. The average molecular weight is 405 g/mol. The summed E-state index contributed by atoms with van der Waals surface area (Å²) < 4.78 is 1.52. The number of hydrogen-bond donors (Lipinski definition) is 2. The van der Waals surface area contributed by atoms with Crippen LogP contribution in [-0.2, 0) is 0 Å². The van der Waals surface area contributed by atoms with Gasteiger partial charge in [0.15, 0.2) is 0 Å². The van der Waals surface area contributed by atoms with Crippen molar-refractivity contribution in [3.05, 3.63) is 70.8 Å². The molecular weight excluding hydrogens is 376 g/mol. The Balaban J connectivity index is 1.59. The van der Waals surface area contributed by atoms with Gasteiger partial charge in [-0.15, -0.1) is 0 Å². The van der Waals surface area contributed by atoms with Crippen molar-refractivity contribution < 1.29 is 4.79 Å². The zero-order valence-corrected chi connectivity index (χ0v) is 17.9. The summed E-state index contributed by atoms with van der Waals surface area (Å²) in [6.45, 7) is 8.63. The Labute approximate surface area is 176 Å². The van der Waals surface area contributed by atoms with Crippen LogP contribution in [0, 0.1) is 0 Å². The molecule has 4 rings (SSSR count). The van der Waals surface area contributed by atoms with Crippen molar-refractivity contribution in [1.82, 2.24) is 20.2 Å². The van der Waals surface area contributed by atoms with Gasteiger partial charge in [-0.3, -0.25) is 14.2 Å². The third-order valence-corrected chi connectivity index (χ3v) is 5.58. The van der Waals surface area contributed by atoms with Crippen molar-refractivity contribution >= 4 is 16.8 Å². The van der Waals surface area contributed by atoms with Crippen molar-refractivity contribution in [1.29, 1.82) is 0 Å². The van der Waals surface area contributed by atoms with Gasteiger partial charge in [0.2, 0.25) is 0 Å². The number of hydrogen-bond acceptors (Lipinski definition) is 4. The van der Waals surface area contributed by atoms with E-state index in [0.717, 1.165) is 18.5 Å². The van der Waals surface area contributed by atoms with Crippen LogP contribution in [0.5, 0.6) is 0 Å². The normalized spacial score (nSPS) is 18.3. The molecule has 1 aliphatic heterocycles. The summed E-state index contributed by atoms with van der Waals surface area (Å²) in [4.78, 5) is 30.2. The first kappa shape index (κ1) is 20.3. The quantitative estimate of drug-likeness (QED) is 0.701. The highest BCUT2D eigenvalue weighted by molar-refractivity contribution is 5.97. The molecule has 1 aliphatic rings. The Hall–Kier alpha value is -2.99. The molecule has 3 aromatic rings. The van der Waals surface area contributed by atoms with E-state index in [1.807, 2.05) is 30.3 Å². The Morgan fingerprint density at radius 3 is 2.40 bits per heavy atom. The summed E-state index contributed by atoms with van der Waals surface area (Å²) in [5.41, 5.74) is 1.54. The molecule has 0 bridgehead atoms. The van der Waals surface area contributed by atoms with E-state index in [1.165, 1.54) is 10.9 Å². The monoisotopic (exact) mass is 404 g/mol. The summed E-state index contributed by atoms with van der Waals surface area (Å²) in [5.74, 6) is -0.135.